The monoisotopic (exact) mass is 447 g/mol. The molecule has 0 aliphatic carbocycles. The minimum Gasteiger partial charge on any atom is -0.318 e. The first-order chi connectivity index (χ1) is 14.2. The maximum Gasteiger partial charge on any atom is 0.301 e. The molecule has 2 aromatic carbocycles. The average molecular weight is 448 g/mol. The van der Waals surface area contributed by atoms with Crippen molar-refractivity contribution in [1.82, 2.24) is 4.57 Å². The molecule has 154 valence electrons. The van der Waals surface area contributed by atoms with Gasteiger partial charge in [-0.05, 0) is 44.2 Å². The van der Waals surface area contributed by atoms with Crippen molar-refractivity contribution in [3.8, 4) is 5.69 Å². The molecule has 0 spiro atoms. The number of anilines is 1. The molecule has 0 atom stereocenters. The van der Waals surface area contributed by atoms with Gasteiger partial charge in [0.15, 0.2) is 0 Å². The van der Waals surface area contributed by atoms with Crippen LogP contribution in [0.5, 0.6) is 0 Å². The highest BCUT2D eigenvalue weighted by Gasteiger charge is 2.19. The number of hydrazone groups is 1. The Bertz CT molecular complexity index is 1190. The molecule has 0 unspecified atom stereocenters. The Balaban J connectivity index is 1.88. The van der Waals surface area contributed by atoms with Gasteiger partial charge >= 0.3 is 5.69 Å². The average Bonchev–Trinajstić information content (AvgIpc) is 2.97. The first kappa shape index (κ1) is 21.3. The number of aryl methyl sites for hydroxylation is 1. The van der Waals surface area contributed by atoms with E-state index in [1.54, 1.807) is 12.1 Å². The van der Waals surface area contributed by atoms with E-state index in [9.17, 15) is 20.2 Å². The largest absolute Gasteiger partial charge is 0.318 e. The van der Waals surface area contributed by atoms with Gasteiger partial charge in [-0.1, -0.05) is 23.2 Å². The van der Waals surface area contributed by atoms with Gasteiger partial charge in [-0.2, -0.15) is 5.10 Å². The Morgan fingerprint density at radius 2 is 1.73 bits per heavy atom. The first-order valence-corrected chi connectivity index (χ1v) is 9.31. The number of hydrogen-bond donors (Lipinski definition) is 1. The molecular weight excluding hydrogens is 433 g/mol. The number of nitro benzene ring substituents is 2. The van der Waals surface area contributed by atoms with E-state index in [0.717, 1.165) is 28.7 Å². The highest BCUT2D eigenvalue weighted by Crippen LogP contribution is 2.29. The second-order valence-electron chi connectivity index (χ2n) is 6.35. The quantitative estimate of drug-likeness (QED) is 0.297. The van der Waals surface area contributed by atoms with Crippen LogP contribution < -0.4 is 5.43 Å². The number of rotatable bonds is 6. The van der Waals surface area contributed by atoms with Crippen LogP contribution in [0, 0.1) is 34.1 Å². The lowest BCUT2D eigenvalue weighted by molar-refractivity contribution is -0.393. The fraction of sp³-hybridized carbons (Fsp3) is 0.105. The lowest BCUT2D eigenvalue weighted by Gasteiger charge is -2.10. The number of non-ortho nitro benzene ring substituents is 1. The van der Waals surface area contributed by atoms with Crippen molar-refractivity contribution in [2.24, 2.45) is 5.10 Å². The lowest BCUT2D eigenvalue weighted by Crippen LogP contribution is -2.00. The summed E-state index contributed by atoms with van der Waals surface area (Å²) in [6.07, 6.45) is 1.52. The molecule has 1 aromatic heterocycles. The molecule has 0 amide bonds. The first-order valence-electron chi connectivity index (χ1n) is 8.55. The molecule has 9 nitrogen and oxygen atoms in total. The van der Waals surface area contributed by atoms with Crippen molar-refractivity contribution in [1.29, 1.82) is 0 Å². The van der Waals surface area contributed by atoms with Gasteiger partial charge in [0.2, 0.25) is 0 Å². The zero-order valence-corrected chi connectivity index (χ0v) is 17.3. The third-order valence-electron chi connectivity index (χ3n) is 4.41. The van der Waals surface area contributed by atoms with Gasteiger partial charge in [0, 0.05) is 28.7 Å². The third-order valence-corrected chi connectivity index (χ3v) is 5.15. The normalized spacial score (nSPS) is 11.1. The maximum atomic E-state index is 11.2. The van der Waals surface area contributed by atoms with Crippen molar-refractivity contribution in [3.05, 3.63) is 89.7 Å². The molecule has 0 radical (unpaired) electrons. The highest BCUT2D eigenvalue weighted by molar-refractivity contribution is 6.42. The Hall–Kier alpha value is -3.43. The Morgan fingerprint density at radius 1 is 1.00 bits per heavy atom. The number of nitrogens with one attached hydrogen (secondary N) is 1. The molecule has 0 aliphatic heterocycles. The van der Waals surface area contributed by atoms with E-state index in [4.69, 9.17) is 23.2 Å². The summed E-state index contributed by atoms with van der Waals surface area (Å²) in [5.41, 5.74) is 5.20. The predicted molar refractivity (Wildman–Crippen MR) is 116 cm³/mol. The molecular formula is C19H15Cl2N5O4. The van der Waals surface area contributed by atoms with Crippen LogP contribution in [-0.4, -0.2) is 20.6 Å². The standard InChI is InChI=1S/C19H15Cl2N5O4/c1-11-7-13(12(2)24(11)14-3-5-16(20)17(21)8-14)10-22-23-18-6-4-15(25(27)28)9-19(18)26(29)30/h3-10,23H,1-2H3/b22-10-. The lowest BCUT2D eigenvalue weighted by atomic mass is 10.2. The predicted octanol–water partition coefficient (Wildman–Crippen LogP) is 5.66. The van der Waals surface area contributed by atoms with Crippen molar-refractivity contribution in [2.75, 3.05) is 5.43 Å². The molecule has 0 fully saturated rings. The summed E-state index contributed by atoms with van der Waals surface area (Å²) < 4.78 is 1.97. The van der Waals surface area contributed by atoms with Crippen molar-refractivity contribution >= 4 is 46.5 Å². The summed E-state index contributed by atoms with van der Waals surface area (Å²) in [5, 5.41) is 27.0. The summed E-state index contributed by atoms with van der Waals surface area (Å²) in [6.45, 7) is 3.81. The topological polar surface area (TPSA) is 116 Å². The molecule has 0 aliphatic rings. The van der Waals surface area contributed by atoms with E-state index < -0.39 is 15.5 Å². The van der Waals surface area contributed by atoms with Crippen LogP contribution in [0.25, 0.3) is 5.69 Å². The third kappa shape index (κ3) is 4.27. The molecule has 3 rings (SSSR count). The Morgan fingerprint density at radius 3 is 2.37 bits per heavy atom. The van der Waals surface area contributed by atoms with Crippen LogP contribution in [0.4, 0.5) is 17.1 Å². The van der Waals surface area contributed by atoms with Crippen molar-refractivity contribution in [3.63, 3.8) is 0 Å². The molecule has 0 bridgehead atoms. The number of aromatic nitrogens is 1. The van der Waals surface area contributed by atoms with Gasteiger partial charge in [-0.3, -0.25) is 25.7 Å². The van der Waals surface area contributed by atoms with Crippen molar-refractivity contribution < 1.29 is 9.85 Å². The summed E-state index contributed by atoms with van der Waals surface area (Å²) >= 11 is 12.1. The Labute approximate surface area is 180 Å². The van der Waals surface area contributed by atoms with Crippen molar-refractivity contribution in [2.45, 2.75) is 13.8 Å². The Kier molecular flexibility index (Phi) is 6.04. The van der Waals surface area contributed by atoms with Crippen LogP contribution in [0.3, 0.4) is 0 Å². The number of benzene rings is 2. The molecule has 0 saturated heterocycles. The van der Waals surface area contributed by atoms with Gasteiger partial charge < -0.3 is 4.57 Å². The summed E-state index contributed by atoms with van der Waals surface area (Å²) in [5.74, 6) is 0. The highest BCUT2D eigenvalue weighted by atomic mass is 35.5. The van der Waals surface area contributed by atoms with Crippen LogP contribution in [0.1, 0.15) is 17.0 Å². The second kappa shape index (κ2) is 8.52. The molecule has 0 saturated carbocycles. The maximum absolute atomic E-state index is 11.2. The summed E-state index contributed by atoms with van der Waals surface area (Å²) in [6, 6.07) is 10.5. The number of hydrogen-bond acceptors (Lipinski definition) is 6. The SMILES string of the molecule is Cc1cc(/C=N\Nc2ccc([N+](=O)[O-])cc2[N+](=O)[O-])c(C)n1-c1ccc(Cl)c(Cl)c1. The summed E-state index contributed by atoms with van der Waals surface area (Å²) in [7, 11) is 0. The van der Waals surface area contributed by atoms with E-state index in [1.165, 1.54) is 18.3 Å². The van der Waals surface area contributed by atoms with E-state index >= 15 is 0 Å². The molecule has 30 heavy (non-hydrogen) atoms. The smallest absolute Gasteiger partial charge is 0.301 e. The van der Waals surface area contributed by atoms with Gasteiger partial charge in [-0.15, -0.1) is 0 Å². The van der Waals surface area contributed by atoms with Gasteiger partial charge in [0.05, 0.1) is 32.2 Å². The van der Waals surface area contributed by atoms with Crippen LogP contribution >= 0.6 is 23.2 Å². The zero-order valence-electron chi connectivity index (χ0n) is 15.8. The fourth-order valence-electron chi connectivity index (χ4n) is 2.99. The van der Waals surface area contributed by atoms with Gasteiger partial charge in [0.1, 0.15) is 5.69 Å². The van der Waals surface area contributed by atoms with E-state index in [0.29, 0.717) is 10.0 Å². The van der Waals surface area contributed by atoms with Gasteiger partial charge in [0.25, 0.3) is 5.69 Å². The molecule has 3 aromatic rings. The van der Waals surface area contributed by atoms with Crippen LogP contribution in [-0.2, 0) is 0 Å². The zero-order chi connectivity index (χ0) is 22.0. The minimum absolute atomic E-state index is 0.0418. The van der Waals surface area contributed by atoms with E-state index in [1.807, 2.05) is 30.5 Å². The molecule has 11 heteroatoms. The minimum atomic E-state index is -0.707. The second-order valence-corrected chi connectivity index (χ2v) is 7.16. The van der Waals surface area contributed by atoms with Gasteiger partial charge in [-0.25, -0.2) is 0 Å². The number of nitro groups is 2. The van der Waals surface area contributed by atoms with E-state index in [-0.39, 0.29) is 11.4 Å². The molecule has 1 N–H and O–H groups in total. The van der Waals surface area contributed by atoms with Crippen LogP contribution in [0.15, 0.2) is 47.6 Å². The van der Waals surface area contributed by atoms with Crippen LogP contribution in [0.2, 0.25) is 10.0 Å². The van der Waals surface area contributed by atoms with E-state index in [2.05, 4.69) is 10.5 Å². The number of halogens is 2. The number of nitrogens with zero attached hydrogens (tertiary/aromatic N) is 4. The molecule has 1 heterocycles. The fourth-order valence-corrected chi connectivity index (χ4v) is 3.28. The summed E-state index contributed by atoms with van der Waals surface area (Å²) in [4.78, 5) is 20.6.